The number of carbonyl (C=O) groups is 2. The van der Waals surface area contributed by atoms with Crippen molar-refractivity contribution in [1.29, 1.82) is 0 Å². The summed E-state index contributed by atoms with van der Waals surface area (Å²) in [5.74, 6) is -0.123. The third kappa shape index (κ3) is 10.2. The number of carboxylic acids is 1. The van der Waals surface area contributed by atoms with Crippen LogP contribution < -0.4 is 14.2 Å². The number of carbonyl (C=O) groups excluding carboxylic acids is 1. The number of halogens is 3. The Morgan fingerprint density at radius 1 is 0.925 bits per heavy atom. The van der Waals surface area contributed by atoms with Crippen LogP contribution in [0.1, 0.15) is 18.9 Å². The van der Waals surface area contributed by atoms with Gasteiger partial charge in [-0.1, -0.05) is 35.3 Å². The normalized spacial score (nSPS) is 11.5. The molecule has 3 rings (SSSR count). The molecule has 214 valence electrons. The van der Waals surface area contributed by atoms with Gasteiger partial charge >= 0.3 is 12.1 Å². The van der Waals surface area contributed by atoms with Crippen molar-refractivity contribution in [2.75, 3.05) is 32.9 Å². The number of amides is 1. The monoisotopic (exact) mass is 593 g/mol. The number of hydrogen-bond donors (Lipinski definition) is 1. The predicted molar refractivity (Wildman–Crippen MR) is 149 cm³/mol. The zero-order valence-corrected chi connectivity index (χ0v) is 23.4. The Bertz CT molecular complexity index is 1240. The van der Waals surface area contributed by atoms with E-state index >= 15 is 0 Å². The van der Waals surface area contributed by atoms with Crippen molar-refractivity contribution in [2.24, 2.45) is 0 Å². The molecule has 0 fully saturated rings. The molecule has 3 aromatic rings. The second-order valence-corrected chi connectivity index (χ2v) is 9.41. The van der Waals surface area contributed by atoms with Gasteiger partial charge in [0.15, 0.2) is 11.9 Å². The lowest BCUT2D eigenvalue weighted by Gasteiger charge is -2.22. The molecule has 1 amide bonds. The third-order valence-corrected chi connectivity index (χ3v) is 6.15. The first-order valence-electron chi connectivity index (χ1n) is 12.6. The molecule has 0 bridgehead atoms. The van der Waals surface area contributed by atoms with Crippen molar-refractivity contribution >= 4 is 35.3 Å². The Labute approximate surface area is 242 Å². The van der Waals surface area contributed by atoms with Crippen molar-refractivity contribution in [3.63, 3.8) is 0 Å². The maximum absolute atomic E-state index is 13.1. The van der Waals surface area contributed by atoms with Crippen LogP contribution in [0.3, 0.4) is 0 Å². The second-order valence-electron chi connectivity index (χ2n) is 8.56. The van der Waals surface area contributed by atoms with Crippen molar-refractivity contribution in [1.82, 2.24) is 4.90 Å². The fraction of sp³-hybridized carbons (Fsp3) is 0.310. The first-order valence-corrected chi connectivity index (χ1v) is 13.4. The molecule has 0 heterocycles. The molecule has 11 heteroatoms. The molecule has 0 radical (unpaired) electrons. The van der Waals surface area contributed by atoms with E-state index in [9.17, 15) is 19.1 Å². The quantitative estimate of drug-likeness (QED) is 0.201. The molecule has 0 aliphatic rings. The molecular formula is C29H30Cl2FNO7. The van der Waals surface area contributed by atoms with E-state index < -0.39 is 18.2 Å². The lowest BCUT2D eigenvalue weighted by Crippen LogP contribution is -2.38. The van der Waals surface area contributed by atoms with Crippen molar-refractivity contribution in [2.45, 2.75) is 25.9 Å². The third-order valence-electron chi connectivity index (χ3n) is 5.62. The van der Waals surface area contributed by atoms with E-state index in [1.165, 1.54) is 41.3 Å². The average molecular weight is 594 g/mol. The summed E-state index contributed by atoms with van der Waals surface area (Å²) in [7, 11) is 0. The summed E-state index contributed by atoms with van der Waals surface area (Å²) in [4.78, 5) is 25.8. The van der Waals surface area contributed by atoms with Crippen LogP contribution in [-0.2, 0) is 16.0 Å². The maximum Gasteiger partial charge on any atom is 0.415 e. The molecular weight excluding hydrogens is 564 g/mol. The summed E-state index contributed by atoms with van der Waals surface area (Å²) in [6, 6.07) is 17.2. The fourth-order valence-corrected chi connectivity index (χ4v) is 4.06. The highest BCUT2D eigenvalue weighted by Crippen LogP contribution is 2.28. The van der Waals surface area contributed by atoms with Crippen molar-refractivity contribution in [3.8, 4) is 17.2 Å². The van der Waals surface area contributed by atoms with Gasteiger partial charge in [0.25, 0.3) is 0 Å². The highest BCUT2D eigenvalue weighted by atomic mass is 35.5. The van der Waals surface area contributed by atoms with E-state index in [2.05, 4.69) is 0 Å². The number of rotatable bonds is 15. The minimum atomic E-state index is -1.02. The van der Waals surface area contributed by atoms with Crippen LogP contribution in [0, 0.1) is 5.82 Å². The number of aliphatic carboxylic acids is 1. The SMILES string of the molecule is CCOC(Cc1ccc(OCCN(CCCOc2ccc(F)cc2)C(=O)Oc2ccc(Cl)cc2Cl)cc1)C(=O)O. The van der Waals surface area contributed by atoms with Gasteiger partial charge in [0, 0.05) is 24.6 Å². The first-order chi connectivity index (χ1) is 19.2. The summed E-state index contributed by atoms with van der Waals surface area (Å²) in [5, 5.41) is 9.88. The summed E-state index contributed by atoms with van der Waals surface area (Å²) >= 11 is 12.1. The lowest BCUT2D eigenvalue weighted by molar-refractivity contribution is -0.149. The van der Waals surface area contributed by atoms with Gasteiger partial charge in [-0.05, 0) is 73.5 Å². The van der Waals surface area contributed by atoms with E-state index in [1.807, 2.05) is 0 Å². The van der Waals surface area contributed by atoms with Gasteiger partial charge in [0.1, 0.15) is 23.9 Å². The lowest BCUT2D eigenvalue weighted by atomic mass is 10.1. The summed E-state index contributed by atoms with van der Waals surface area (Å²) in [6.45, 7) is 3.00. The number of benzene rings is 3. The fourth-order valence-electron chi connectivity index (χ4n) is 3.62. The van der Waals surface area contributed by atoms with Gasteiger partial charge in [-0.2, -0.15) is 0 Å². The van der Waals surface area contributed by atoms with Gasteiger partial charge in [-0.25, -0.2) is 14.0 Å². The average Bonchev–Trinajstić information content (AvgIpc) is 2.93. The first kappa shape index (κ1) is 31.0. The van der Waals surface area contributed by atoms with Gasteiger partial charge in [0.05, 0.1) is 18.2 Å². The molecule has 0 aliphatic heterocycles. The van der Waals surface area contributed by atoms with Gasteiger partial charge in [-0.15, -0.1) is 0 Å². The Morgan fingerprint density at radius 2 is 1.57 bits per heavy atom. The predicted octanol–water partition coefficient (Wildman–Crippen LogP) is 6.51. The van der Waals surface area contributed by atoms with Crippen LogP contribution in [0.25, 0.3) is 0 Å². The summed E-state index contributed by atoms with van der Waals surface area (Å²) < 4.78 is 35.3. The smallest absolute Gasteiger partial charge is 0.415 e. The number of hydrogen-bond acceptors (Lipinski definition) is 6. The van der Waals surface area contributed by atoms with E-state index in [1.54, 1.807) is 37.3 Å². The molecule has 3 aromatic carbocycles. The van der Waals surface area contributed by atoms with E-state index in [0.29, 0.717) is 42.7 Å². The van der Waals surface area contributed by atoms with E-state index in [-0.39, 0.29) is 36.2 Å². The topological polar surface area (TPSA) is 94.5 Å². The van der Waals surface area contributed by atoms with Crippen LogP contribution in [-0.4, -0.2) is 61.1 Å². The highest BCUT2D eigenvalue weighted by molar-refractivity contribution is 6.35. The van der Waals surface area contributed by atoms with Gasteiger partial charge in [-0.3, -0.25) is 0 Å². The standard InChI is InChI=1S/C29H30Cl2FNO7/c1-2-37-27(28(34)35)18-20-4-9-23(10-5-20)39-17-15-33(14-3-16-38-24-11-7-22(32)8-12-24)29(36)40-26-13-6-21(30)19-25(26)31/h4-13,19,27H,2-3,14-18H2,1H3,(H,34,35). The van der Waals surface area contributed by atoms with Crippen LogP contribution in [0.2, 0.25) is 10.0 Å². The van der Waals surface area contributed by atoms with Gasteiger partial charge < -0.3 is 29.0 Å². The maximum atomic E-state index is 13.1. The highest BCUT2D eigenvalue weighted by Gasteiger charge is 2.19. The Balaban J connectivity index is 1.56. The number of ether oxygens (including phenoxy) is 4. The Hall–Kier alpha value is -3.53. The zero-order chi connectivity index (χ0) is 28.9. The molecule has 40 heavy (non-hydrogen) atoms. The summed E-state index contributed by atoms with van der Waals surface area (Å²) in [5.41, 5.74) is 0.791. The number of nitrogens with zero attached hydrogens (tertiary/aromatic N) is 1. The molecule has 1 unspecified atom stereocenters. The van der Waals surface area contributed by atoms with Crippen molar-refractivity contribution < 1.29 is 38.0 Å². The van der Waals surface area contributed by atoms with Crippen LogP contribution in [0.4, 0.5) is 9.18 Å². The number of carboxylic acid groups (broad SMARTS) is 1. The largest absolute Gasteiger partial charge is 0.494 e. The van der Waals surface area contributed by atoms with E-state index in [0.717, 1.165) is 5.56 Å². The molecule has 0 spiro atoms. The Kier molecular flexibility index (Phi) is 12.3. The molecule has 8 nitrogen and oxygen atoms in total. The molecule has 0 aromatic heterocycles. The minimum absolute atomic E-state index is 0.165. The molecule has 1 atom stereocenters. The molecule has 0 aliphatic carbocycles. The van der Waals surface area contributed by atoms with Crippen LogP contribution >= 0.6 is 23.2 Å². The van der Waals surface area contributed by atoms with Crippen LogP contribution in [0.5, 0.6) is 17.2 Å². The molecule has 0 saturated carbocycles. The molecule has 1 N–H and O–H groups in total. The molecule has 0 saturated heterocycles. The van der Waals surface area contributed by atoms with Gasteiger partial charge in [0.2, 0.25) is 0 Å². The Morgan fingerprint density at radius 3 is 2.20 bits per heavy atom. The van der Waals surface area contributed by atoms with Crippen LogP contribution in [0.15, 0.2) is 66.7 Å². The van der Waals surface area contributed by atoms with Crippen molar-refractivity contribution in [3.05, 3.63) is 88.2 Å². The minimum Gasteiger partial charge on any atom is -0.494 e. The second kappa shape index (κ2) is 15.9. The van der Waals surface area contributed by atoms with E-state index in [4.69, 9.17) is 42.1 Å². The zero-order valence-electron chi connectivity index (χ0n) is 21.9. The summed E-state index contributed by atoms with van der Waals surface area (Å²) in [6.07, 6.45) is -0.839.